The van der Waals surface area contributed by atoms with Gasteiger partial charge in [-0.1, -0.05) is 13.8 Å². The zero-order chi connectivity index (χ0) is 15.3. The smallest absolute Gasteiger partial charge is 0.260 e. The lowest BCUT2D eigenvalue weighted by atomic mass is 9.79. The number of amides is 1. The van der Waals surface area contributed by atoms with E-state index < -0.39 is 0 Å². The number of carbonyl (C=O) groups is 1. The van der Waals surface area contributed by atoms with Crippen LogP contribution in [0.3, 0.4) is 0 Å². The Hall–Kier alpha value is -1.69. The maximum Gasteiger partial charge on any atom is 0.260 e. The summed E-state index contributed by atoms with van der Waals surface area (Å²) in [4.78, 5) is 18.4. The van der Waals surface area contributed by atoms with Gasteiger partial charge in [-0.05, 0) is 37.5 Å². The second-order valence-corrected chi connectivity index (χ2v) is 8.10. The number of nitrogens with one attached hydrogen (secondary N) is 1. The fourth-order valence-corrected chi connectivity index (χ4v) is 4.63. The third-order valence-corrected chi connectivity index (χ3v) is 5.67. The van der Waals surface area contributed by atoms with E-state index in [1.165, 1.54) is 10.6 Å². The van der Waals surface area contributed by atoms with E-state index in [0.717, 1.165) is 49.5 Å². The van der Waals surface area contributed by atoms with Crippen molar-refractivity contribution < 1.29 is 4.79 Å². The van der Waals surface area contributed by atoms with Crippen LogP contribution in [-0.2, 0) is 25.8 Å². The molecule has 2 aliphatic rings. The molecule has 116 valence electrons. The largest absolute Gasteiger partial charge is 0.298 e. The number of nitrogens with zero attached hydrogens (tertiary/aromatic N) is 3. The summed E-state index contributed by atoms with van der Waals surface area (Å²) in [7, 11) is 0. The van der Waals surface area contributed by atoms with Gasteiger partial charge in [0.25, 0.3) is 5.91 Å². The number of fused-ring (bicyclic) bond motifs is 2. The van der Waals surface area contributed by atoms with Gasteiger partial charge in [0.05, 0.1) is 23.1 Å². The first-order chi connectivity index (χ1) is 10.5. The van der Waals surface area contributed by atoms with Crippen molar-refractivity contribution in [2.75, 3.05) is 5.32 Å². The molecular weight excluding hydrogens is 296 g/mol. The number of hydrogen-bond donors (Lipinski definition) is 1. The SMILES string of the molecule is CC1(C)CCc2nc(NC(=O)c3cnn4c3CCC4)sc2C1. The average molecular weight is 316 g/mol. The van der Waals surface area contributed by atoms with E-state index in [-0.39, 0.29) is 5.91 Å². The summed E-state index contributed by atoms with van der Waals surface area (Å²) in [5.41, 5.74) is 3.26. The fourth-order valence-electron chi connectivity index (χ4n) is 3.37. The molecule has 0 saturated heterocycles. The average Bonchev–Trinajstić information content (AvgIpc) is 3.10. The molecule has 4 rings (SSSR count). The molecule has 0 bridgehead atoms. The first-order valence-electron chi connectivity index (χ1n) is 7.86. The summed E-state index contributed by atoms with van der Waals surface area (Å²) < 4.78 is 1.93. The predicted octanol–water partition coefficient (Wildman–Crippen LogP) is 3.05. The van der Waals surface area contributed by atoms with Crippen LogP contribution in [0, 0.1) is 5.41 Å². The van der Waals surface area contributed by atoms with E-state index in [1.807, 2.05) is 4.68 Å². The topological polar surface area (TPSA) is 59.8 Å². The zero-order valence-corrected chi connectivity index (χ0v) is 13.8. The van der Waals surface area contributed by atoms with Crippen molar-refractivity contribution in [2.24, 2.45) is 5.41 Å². The Morgan fingerprint density at radius 2 is 2.27 bits per heavy atom. The zero-order valence-electron chi connectivity index (χ0n) is 13.0. The lowest BCUT2D eigenvalue weighted by molar-refractivity contribution is 0.102. The lowest BCUT2D eigenvalue weighted by Gasteiger charge is -2.28. The molecule has 0 aromatic carbocycles. The Bertz CT molecular complexity index is 743. The Labute approximate surface area is 133 Å². The number of rotatable bonds is 2. The minimum absolute atomic E-state index is 0.0755. The molecule has 0 unspecified atom stereocenters. The molecular formula is C16H20N4OS. The molecule has 0 atom stereocenters. The van der Waals surface area contributed by atoms with Crippen LogP contribution < -0.4 is 5.32 Å². The van der Waals surface area contributed by atoms with Crippen LogP contribution in [0.1, 0.15) is 53.3 Å². The highest BCUT2D eigenvalue weighted by Crippen LogP contribution is 2.38. The van der Waals surface area contributed by atoms with Gasteiger partial charge in [-0.15, -0.1) is 11.3 Å². The van der Waals surface area contributed by atoms with Gasteiger partial charge in [0.2, 0.25) is 0 Å². The molecule has 6 heteroatoms. The maximum atomic E-state index is 12.5. The molecule has 0 spiro atoms. The Morgan fingerprint density at radius 1 is 1.41 bits per heavy atom. The van der Waals surface area contributed by atoms with Gasteiger partial charge in [0.15, 0.2) is 5.13 Å². The summed E-state index contributed by atoms with van der Waals surface area (Å²) in [6.45, 7) is 5.51. The molecule has 2 aromatic heterocycles. The number of aryl methyl sites for hydroxylation is 2. The van der Waals surface area contributed by atoms with Crippen LogP contribution in [0.5, 0.6) is 0 Å². The minimum Gasteiger partial charge on any atom is -0.298 e. The van der Waals surface area contributed by atoms with Crippen molar-refractivity contribution in [1.29, 1.82) is 0 Å². The number of carbonyl (C=O) groups excluding carboxylic acids is 1. The molecule has 2 aromatic rings. The first-order valence-corrected chi connectivity index (χ1v) is 8.68. The summed E-state index contributed by atoms with van der Waals surface area (Å²) in [5.74, 6) is -0.0755. The van der Waals surface area contributed by atoms with E-state index in [9.17, 15) is 4.79 Å². The highest BCUT2D eigenvalue weighted by molar-refractivity contribution is 7.15. The third kappa shape index (κ3) is 2.35. The van der Waals surface area contributed by atoms with Gasteiger partial charge in [-0.25, -0.2) is 4.98 Å². The van der Waals surface area contributed by atoms with Crippen molar-refractivity contribution in [2.45, 2.75) is 52.5 Å². The Balaban J connectivity index is 1.54. The Morgan fingerprint density at radius 3 is 3.14 bits per heavy atom. The van der Waals surface area contributed by atoms with E-state index in [4.69, 9.17) is 0 Å². The normalized spacial score (nSPS) is 18.8. The number of aromatic nitrogens is 3. The van der Waals surface area contributed by atoms with Gasteiger partial charge < -0.3 is 0 Å². The van der Waals surface area contributed by atoms with Crippen LogP contribution in [0.4, 0.5) is 5.13 Å². The van der Waals surface area contributed by atoms with Crippen LogP contribution >= 0.6 is 11.3 Å². The number of anilines is 1. The molecule has 1 aliphatic heterocycles. The molecule has 5 nitrogen and oxygen atoms in total. The van der Waals surface area contributed by atoms with Crippen LogP contribution in [-0.4, -0.2) is 20.7 Å². The predicted molar refractivity (Wildman–Crippen MR) is 86.4 cm³/mol. The van der Waals surface area contributed by atoms with E-state index in [2.05, 4.69) is 29.2 Å². The van der Waals surface area contributed by atoms with Gasteiger partial charge in [-0.3, -0.25) is 14.8 Å². The van der Waals surface area contributed by atoms with Crippen LogP contribution in [0.25, 0.3) is 0 Å². The molecule has 3 heterocycles. The molecule has 0 saturated carbocycles. The fraction of sp³-hybridized carbons (Fsp3) is 0.562. The molecule has 1 amide bonds. The Kier molecular flexibility index (Phi) is 3.11. The van der Waals surface area contributed by atoms with Crippen molar-refractivity contribution in [3.8, 4) is 0 Å². The van der Waals surface area contributed by atoms with E-state index >= 15 is 0 Å². The van der Waals surface area contributed by atoms with Gasteiger partial charge in [-0.2, -0.15) is 5.10 Å². The van der Waals surface area contributed by atoms with Gasteiger partial charge in [0.1, 0.15) is 0 Å². The highest BCUT2D eigenvalue weighted by atomic mass is 32.1. The molecule has 0 fully saturated rings. The standard InChI is InChI=1S/C16H20N4OS/c1-16(2)6-5-11-13(8-16)22-15(18-11)19-14(21)10-9-17-20-7-3-4-12(10)20/h9H,3-8H2,1-2H3,(H,18,19,21). The third-order valence-electron chi connectivity index (χ3n) is 4.65. The van der Waals surface area contributed by atoms with E-state index in [0.29, 0.717) is 11.0 Å². The minimum atomic E-state index is -0.0755. The summed E-state index contributed by atoms with van der Waals surface area (Å²) >= 11 is 1.63. The second kappa shape index (κ2) is 4.91. The van der Waals surface area contributed by atoms with Crippen molar-refractivity contribution in [1.82, 2.24) is 14.8 Å². The molecule has 0 radical (unpaired) electrons. The summed E-state index contributed by atoms with van der Waals surface area (Å²) in [6, 6.07) is 0. The van der Waals surface area contributed by atoms with Crippen LogP contribution in [0.2, 0.25) is 0 Å². The van der Waals surface area contributed by atoms with E-state index in [1.54, 1.807) is 17.5 Å². The quantitative estimate of drug-likeness (QED) is 0.926. The highest BCUT2D eigenvalue weighted by Gasteiger charge is 2.29. The van der Waals surface area contributed by atoms with Crippen molar-refractivity contribution in [3.05, 3.63) is 28.0 Å². The molecule has 22 heavy (non-hydrogen) atoms. The molecule has 1 aliphatic carbocycles. The van der Waals surface area contributed by atoms with Crippen LogP contribution in [0.15, 0.2) is 6.20 Å². The summed E-state index contributed by atoms with van der Waals surface area (Å²) in [6.07, 6.45) is 6.92. The van der Waals surface area contributed by atoms with Gasteiger partial charge >= 0.3 is 0 Å². The number of hydrogen-bond acceptors (Lipinski definition) is 4. The summed E-state index contributed by atoms with van der Waals surface area (Å²) in [5, 5.41) is 7.98. The van der Waals surface area contributed by atoms with Crippen molar-refractivity contribution in [3.63, 3.8) is 0 Å². The van der Waals surface area contributed by atoms with Gasteiger partial charge in [0, 0.05) is 11.4 Å². The van der Waals surface area contributed by atoms with Crippen molar-refractivity contribution >= 4 is 22.4 Å². The number of thiazole rings is 1. The maximum absolute atomic E-state index is 12.5. The lowest BCUT2D eigenvalue weighted by Crippen LogP contribution is -2.20. The monoisotopic (exact) mass is 316 g/mol. The second-order valence-electron chi connectivity index (χ2n) is 7.02. The first kappa shape index (κ1) is 13.9. The molecule has 1 N–H and O–H groups in total.